The molecular weight excluding hydrogens is 356 g/mol. The molecule has 2 bridgehead atoms. The first-order valence-electron chi connectivity index (χ1n) is 9.90. The Kier molecular flexibility index (Phi) is 6.16. The van der Waals surface area contributed by atoms with E-state index in [2.05, 4.69) is 59.8 Å². The molecule has 4 unspecified atom stereocenters. The normalized spacial score (nSPS) is 39.9. The molecule has 0 heterocycles. The van der Waals surface area contributed by atoms with Gasteiger partial charge in [0.05, 0.1) is 5.76 Å². The molecule has 1 nitrogen and oxygen atoms in total. The fraction of sp³-hybridized carbons (Fsp3) is 0.739. The van der Waals surface area contributed by atoms with E-state index in [-0.39, 0.29) is 20.3 Å². The van der Waals surface area contributed by atoms with Crippen molar-refractivity contribution in [1.82, 2.24) is 0 Å². The Hall–Kier alpha value is -0.280. The Labute approximate surface area is 172 Å². The number of hydrogen-bond donors (Lipinski definition) is 3. The summed E-state index contributed by atoms with van der Waals surface area (Å²) in [4.78, 5) is 0. The number of aliphatic hydroxyl groups is 1. The summed E-state index contributed by atoms with van der Waals surface area (Å²) >= 11 is 10.1. The topological polar surface area (TPSA) is 20.2 Å². The van der Waals surface area contributed by atoms with Crippen LogP contribution >= 0.6 is 25.3 Å². The predicted molar refractivity (Wildman–Crippen MR) is 121 cm³/mol. The molecule has 3 heteroatoms. The van der Waals surface area contributed by atoms with Crippen molar-refractivity contribution in [3.63, 3.8) is 0 Å². The summed E-state index contributed by atoms with van der Waals surface area (Å²) in [5.74, 6) is 1.06. The minimum Gasteiger partial charge on any atom is -0.512 e. The maximum Gasteiger partial charge on any atom is 0.0929 e. The van der Waals surface area contributed by atoms with Crippen molar-refractivity contribution in [2.24, 2.45) is 16.7 Å². The van der Waals surface area contributed by atoms with Gasteiger partial charge in [0, 0.05) is 9.49 Å². The van der Waals surface area contributed by atoms with E-state index in [1.807, 2.05) is 6.92 Å². The molecule has 0 amide bonds. The summed E-state index contributed by atoms with van der Waals surface area (Å²) in [5.41, 5.74) is 2.33. The second-order valence-electron chi connectivity index (χ2n) is 10.5. The molecule has 2 saturated carbocycles. The summed E-state index contributed by atoms with van der Waals surface area (Å²) in [5, 5.41) is 10.6. The van der Waals surface area contributed by atoms with E-state index in [9.17, 15) is 5.11 Å². The Morgan fingerprint density at radius 3 is 2.15 bits per heavy atom. The van der Waals surface area contributed by atoms with Crippen LogP contribution in [-0.2, 0) is 0 Å². The predicted octanol–water partition coefficient (Wildman–Crippen LogP) is 7.32. The largest absolute Gasteiger partial charge is 0.512 e. The number of fused-ring (bicyclic) bond motifs is 2. The van der Waals surface area contributed by atoms with E-state index < -0.39 is 0 Å². The van der Waals surface area contributed by atoms with Crippen LogP contribution < -0.4 is 0 Å². The van der Waals surface area contributed by atoms with Gasteiger partial charge in [-0.1, -0.05) is 52.8 Å². The molecular formula is C23H38OS2. The first-order chi connectivity index (χ1) is 11.7. The van der Waals surface area contributed by atoms with E-state index in [1.165, 1.54) is 12.0 Å². The molecule has 0 spiro atoms. The number of thiol groups is 2. The monoisotopic (exact) mass is 394 g/mol. The fourth-order valence-corrected chi connectivity index (χ4v) is 7.21. The van der Waals surface area contributed by atoms with Gasteiger partial charge in [-0.3, -0.25) is 0 Å². The van der Waals surface area contributed by atoms with Crippen molar-refractivity contribution in [3.05, 3.63) is 35.1 Å². The van der Waals surface area contributed by atoms with E-state index in [0.717, 1.165) is 31.3 Å². The van der Waals surface area contributed by atoms with Crippen molar-refractivity contribution in [1.29, 1.82) is 0 Å². The molecule has 0 aromatic carbocycles. The lowest BCUT2D eigenvalue weighted by molar-refractivity contribution is 0.0997. The Morgan fingerprint density at radius 1 is 1.08 bits per heavy atom. The third kappa shape index (κ3) is 4.95. The van der Waals surface area contributed by atoms with Crippen LogP contribution in [0.1, 0.15) is 80.6 Å². The smallest absolute Gasteiger partial charge is 0.0929 e. The van der Waals surface area contributed by atoms with Crippen LogP contribution in [0.25, 0.3) is 0 Å². The highest BCUT2D eigenvalue weighted by Crippen LogP contribution is 2.60. The van der Waals surface area contributed by atoms with Gasteiger partial charge in [-0.15, -0.1) is 0 Å². The van der Waals surface area contributed by atoms with Gasteiger partial charge in [0.15, 0.2) is 0 Å². The van der Waals surface area contributed by atoms with Crippen LogP contribution in [0, 0.1) is 16.7 Å². The summed E-state index contributed by atoms with van der Waals surface area (Å²) in [6.45, 7) is 15.2. The molecule has 0 saturated heterocycles. The average Bonchev–Trinajstić information content (AvgIpc) is 2.36. The zero-order chi connectivity index (χ0) is 20.0. The van der Waals surface area contributed by atoms with Crippen molar-refractivity contribution in [2.45, 2.75) is 90.1 Å². The van der Waals surface area contributed by atoms with E-state index in [4.69, 9.17) is 25.3 Å². The molecule has 0 radical (unpaired) electrons. The second-order valence-corrected chi connectivity index (χ2v) is 12.5. The summed E-state index contributed by atoms with van der Waals surface area (Å²) in [6, 6.07) is 0. The van der Waals surface area contributed by atoms with Gasteiger partial charge < -0.3 is 5.11 Å². The SMILES string of the molecule is C/C=C/C(=C\C(=C(/C)O)C1(C)CC2CC(C)(S)CC(S)(C2)C1)C(C)(C)C. The first kappa shape index (κ1) is 22.0. The van der Waals surface area contributed by atoms with Crippen molar-refractivity contribution < 1.29 is 5.11 Å². The number of aliphatic hydroxyl groups excluding tert-OH is 1. The minimum absolute atomic E-state index is 0.00342. The molecule has 0 aromatic heterocycles. The van der Waals surface area contributed by atoms with E-state index >= 15 is 0 Å². The molecule has 2 aliphatic carbocycles. The summed E-state index contributed by atoms with van der Waals surface area (Å²) in [6.07, 6.45) is 11.9. The minimum atomic E-state index is -0.0497. The Bertz CT molecular complexity index is 629. The van der Waals surface area contributed by atoms with Crippen LogP contribution in [0.5, 0.6) is 0 Å². The number of rotatable bonds is 3. The van der Waals surface area contributed by atoms with E-state index in [1.54, 1.807) is 0 Å². The van der Waals surface area contributed by atoms with Gasteiger partial charge in [-0.05, 0) is 73.8 Å². The number of allylic oxidation sites excluding steroid dienone is 6. The van der Waals surface area contributed by atoms with Gasteiger partial charge in [-0.2, -0.15) is 25.3 Å². The zero-order valence-electron chi connectivity index (χ0n) is 17.7. The lowest BCUT2D eigenvalue weighted by atomic mass is 9.56. The fourth-order valence-electron chi connectivity index (χ4n) is 5.57. The van der Waals surface area contributed by atoms with Crippen molar-refractivity contribution in [3.8, 4) is 0 Å². The van der Waals surface area contributed by atoms with Crippen LogP contribution in [-0.4, -0.2) is 14.6 Å². The maximum atomic E-state index is 10.6. The highest BCUT2D eigenvalue weighted by atomic mass is 32.1. The van der Waals surface area contributed by atoms with Gasteiger partial charge >= 0.3 is 0 Å². The van der Waals surface area contributed by atoms with Gasteiger partial charge in [0.25, 0.3) is 0 Å². The van der Waals surface area contributed by atoms with E-state index in [0.29, 0.717) is 11.7 Å². The van der Waals surface area contributed by atoms with Gasteiger partial charge in [0.2, 0.25) is 0 Å². The molecule has 0 aliphatic heterocycles. The average molecular weight is 395 g/mol. The van der Waals surface area contributed by atoms with Crippen LogP contribution in [0.3, 0.4) is 0 Å². The third-order valence-electron chi connectivity index (χ3n) is 6.12. The molecule has 26 heavy (non-hydrogen) atoms. The Balaban J connectivity index is 2.47. The quantitative estimate of drug-likeness (QED) is 0.260. The van der Waals surface area contributed by atoms with Crippen LogP contribution in [0.2, 0.25) is 0 Å². The highest BCUT2D eigenvalue weighted by Gasteiger charge is 2.52. The van der Waals surface area contributed by atoms with Crippen molar-refractivity contribution >= 4 is 25.3 Å². The zero-order valence-corrected chi connectivity index (χ0v) is 19.5. The summed E-state index contributed by atoms with van der Waals surface area (Å²) < 4.78 is 0.0743. The molecule has 1 N–H and O–H groups in total. The van der Waals surface area contributed by atoms with Crippen LogP contribution in [0.4, 0.5) is 0 Å². The first-order valence-corrected chi connectivity index (χ1v) is 10.8. The molecule has 2 fully saturated rings. The molecule has 148 valence electrons. The van der Waals surface area contributed by atoms with Crippen LogP contribution in [0.15, 0.2) is 35.1 Å². The maximum absolute atomic E-state index is 10.6. The van der Waals surface area contributed by atoms with Crippen molar-refractivity contribution in [2.75, 3.05) is 0 Å². The molecule has 2 rings (SSSR count). The summed E-state index contributed by atoms with van der Waals surface area (Å²) in [7, 11) is 0. The molecule has 0 aromatic rings. The Morgan fingerprint density at radius 2 is 1.69 bits per heavy atom. The van der Waals surface area contributed by atoms with Gasteiger partial charge in [-0.25, -0.2) is 0 Å². The second kappa shape index (κ2) is 7.28. The third-order valence-corrected chi connectivity index (χ3v) is 6.96. The lowest BCUT2D eigenvalue weighted by Crippen LogP contribution is -2.50. The molecule has 4 atom stereocenters. The molecule has 2 aliphatic rings. The highest BCUT2D eigenvalue weighted by molar-refractivity contribution is 7.82. The number of hydrogen-bond acceptors (Lipinski definition) is 3. The van der Waals surface area contributed by atoms with Gasteiger partial charge in [0.1, 0.15) is 0 Å². The standard InChI is InChI=1S/C23H38OS2/c1-8-9-18(20(3,4)5)10-19(16(2)24)21(6)11-17-12-22(7,25)15-23(26,13-17)14-21/h8-10,17,24-26H,11-15H2,1-7H3/b9-8+,18-10+,19-16-. The lowest BCUT2D eigenvalue weighted by Gasteiger charge is -2.55.